The molecule has 4 rings (SSSR count). The Labute approximate surface area is 199 Å². The van der Waals surface area contributed by atoms with E-state index in [9.17, 15) is 4.79 Å². The third-order valence-electron chi connectivity index (χ3n) is 6.17. The summed E-state index contributed by atoms with van der Waals surface area (Å²) in [4.78, 5) is 23.9. The highest BCUT2D eigenvalue weighted by molar-refractivity contribution is 7.09. The minimum Gasteiger partial charge on any atom is -0.344 e. The monoisotopic (exact) mass is 460 g/mol. The first-order chi connectivity index (χ1) is 16.1. The van der Waals surface area contributed by atoms with E-state index in [4.69, 9.17) is 4.98 Å². The Kier molecular flexibility index (Phi) is 7.55. The summed E-state index contributed by atoms with van der Waals surface area (Å²) in [5.41, 5.74) is 3.51. The van der Waals surface area contributed by atoms with Gasteiger partial charge < -0.3 is 9.88 Å². The van der Waals surface area contributed by atoms with Gasteiger partial charge >= 0.3 is 0 Å². The molecule has 5 nitrogen and oxygen atoms in total. The van der Waals surface area contributed by atoms with Gasteiger partial charge in [-0.25, -0.2) is 4.98 Å². The van der Waals surface area contributed by atoms with Crippen LogP contribution in [0.4, 0.5) is 0 Å². The maximum atomic E-state index is 13.2. The number of benzene rings is 1. The Morgan fingerprint density at radius 3 is 2.61 bits per heavy atom. The Morgan fingerprint density at radius 2 is 1.94 bits per heavy atom. The van der Waals surface area contributed by atoms with Crippen molar-refractivity contribution in [2.75, 3.05) is 0 Å². The fraction of sp³-hybridized carbons (Fsp3) is 0.370. The molecule has 1 aromatic carbocycles. The van der Waals surface area contributed by atoms with E-state index in [2.05, 4.69) is 59.2 Å². The molecule has 0 fully saturated rings. The van der Waals surface area contributed by atoms with Gasteiger partial charge in [-0.2, -0.15) is 0 Å². The van der Waals surface area contributed by atoms with Crippen molar-refractivity contribution in [1.82, 2.24) is 19.9 Å². The van der Waals surface area contributed by atoms with Crippen molar-refractivity contribution in [3.8, 4) is 0 Å². The summed E-state index contributed by atoms with van der Waals surface area (Å²) in [7, 11) is 0. The number of rotatable bonds is 10. The predicted octanol–water partition coefficient (Wildman–Crippen LogP) is 6.72. The first-order valence-corrected chi connectivity index (χ1v) is 12.8. The number of pyridine rings is 1. The highest BCUT2D eigenvalue weighted by Crippen LogP contribution is 2.28. The average molecular weight is 461 g/mol. The third-order valence-corrected chi connectivity index (χ3v) is 7.05. The zero-order valence-electron chi connectivity index (χ0n) is 19.6. The number of carbonyl (C=O) groups is 1. The van der Waals surface area contributed by atoms with Crippen LogP contribution in [0.25, 0.3) is 11.0 Å². The van der Waals surface area contributed by atoms with Crippen molar-refractivity contribution in [3.05, 3.63) is 82.1 Å². The van der Waals surface area contributed by atoms with Gasteiger partial charge in [0.25, 0.3) is 5.91 Å². The molecule has 0 saturated heterocycles. The summed E-state index contributed by atoms with van der Waals surface area (Å²) < 4.78 is 2.38. The predicted molar refractivity (Wildman–Crippen MR) is 136 cm³/mol. The lowest BCUT2D eigenvalue weighted by molar-refractivity contribution is 0.0933. The maximum Gasteiger partial charge on any atom is 0.251 e. The van der Waals surface area contributed by atoms with Gasteiger partial charge in [0.2, 0.25) is 0 Å². The summed E-state index contributed by atoms with van der Waals surface area (Å²) in [5, 5.41) is 5.29. The van der Waals surface area contributed by atoms with E-state index < -0.39 is 0 Å². The number of imidazole rings is 1. The van der Waals surface area contributed by atoms with Crippen molar-refractivity contribution in [2.24, 2.45) is 0 Å². The van der Waals surface area contributed by atoms with Crippen LogP contribution in [0.1, 0.15) is 85.3 Å². The van der Waals surface area contributed by atoms with E-state index in [1.54, 1.807) is 17.5 Å². The normalized spacial score (nSPS) is 12.4. The number of carbonyl (C=O) groups excluding carboxylic acids is 1. The number of hydrogen-bond donors (Lipinski definition) is 1. The van der Waals surface area contributed by atoms with Gasteiger partial charge in [-0.1, -0.05) is 39.3 Å². The molecule has 3 aromatic heterocycles. The molecule has 3 heterocycles. The molecule has 0 aliphatic heterocycles. The number of amides is 1. The first-order valence-electron chi connectivity index (χ1n) is 11.9. The van der Waals surface area contributed by atoms with E-state index in [0.29, 0.717) is 11.6 Å². The molecule has 33 heavy (non-hydrogen) atoms. The number of thiophene rings is 1. The topological polar surface area (TPSA) is 59.8 Å². The fourth-order valence-electron chi connectivity index (χ4n) is 4.45. The number of aromatic nitrogens is 3. The second-order valence-corrected chi connectivity index (χ2v) is 9.43. The van der Waals surface area contributed by atoms with Crippen LogP contribution in [0.3, 0.4) is 0 Å². The van der Waals surface area contributed by atoms with Crippen LogP contribution in [0, 0.1) is 0 Å². The number of fused-ring (bicyclic) bond motifs is 1. The highest BCUT2D eigenvalue weighted by atomic mass is 32.1. The van der Waals surface area contributed by atoms with Crippen molar-refractivity contribution in [3.63, 3.8) is 0 Å². The van der Waals surface area contributed by atoms with Crippen LogP contribution in [-0.2, 0) is 6.42 Å². The van der Waals surface area contributed by atoms with Crippen molar-refractivity contribution < 1.29 is 4.79 Å². The van der Waals surface area contributed by atoms with Crippen LogP contribution in [0.5, 0.6) is 0 Å². The highest BCUT2D eigenvalue weighted by Gasteiger charge is 2.20. The molecule has 0 aliphatic carbocycles. The van der Waals surface area contributed by atoms with E-state index >= 15 is 0 Å². The summed E-state index contributed by atoms with van der Waals surface area (Å²) in [6.45, 7) is 6.57. The van der Waals surface area contributed by atoms with E-state index in [0.717, 1.165) is 54.7 Å². The van der Waals surface area contributed by atoms with Crippen LogP contribution >= 0.6 is 11.3 Å². The number of nitrogens with zero attached hydrogens (tertiary/aromatic N) is 3. The van der Waals surface area contributed by atoms with Crippen molar-refractivity contribution in [1.29, 1.82) is 0 Å². The average Bonchev–Trinajstić information content (AvgIpc) is 3.48. The van der Waals surface area contributed by atoms with Gasteiger partial charge in [0.05, 0.1) is 22.8 Å². The molecule has 0 bridgehead atoms. The lowest BCUT2D eigenvalue weighted by atomic mass is 10.1. The lowest BCUT2D eigenvalue weighted by Crippen LogP contribution is -2.29. The van der Waals surface area contributed by atoms with Gasteiger partial charge in [0.1, 0.15) is 5.82 Å². The first kappa shape index (κ1) is 23.2. The van der Waals surface area contributed by atoms with Gasteiger partial charge in [-0.3, -0.25) is 9.78 Å². The van der Waals surface area contributed by atoms with Crippen LogP contribution in [0.15, 0.2) is 60.1 Å². The Balaban J connectivity index is 1.66. The molecule has 172 valence electrons. The van der Waals surface area contributed by atoms with Gasteiger partial charge in [0, 0.05) is 29.1 Å². The maximum absolute atomic E-state index is 13.2. The molecular formula is C27H32N4OS. The van der Waals surface area contributed by atoms with E-state index in [1.807, 2.05) is 30.3 Å². The quantitative estimate of drug-likeness (QED) is 0.286. The third kappa shape index (κ3) is 5.17. The van der Waals surface area contributed by atoms with Gasteiger partial charge in [-0.15, -0.1) is 11.3 Å². The molecule has 1 N–H and O–H groups in total. The largest absolute Gasteiger partial charge is 0.344 e. The minimum absolute atomic E-state index is 0.0853. The molecular weight excluding hydrogens is 428 g/mol. The SMILES string of the molecule is CCCC(NC(=O)c1ccc2c(c1)nc(Cc1cccs1)n2C(CC)CC)c1ccccn1. The molecule has 0 saturated carbocycles. The van der Waals surface area contributed by atoms with Gasteiger partial charge in [-0.05, 0) is 61.0 Å². The van der Waals surface area contributed by atoms with Crippen LogP contribution < -0.4 is 5.32 Å². The molecule has 4 aromatic rings. The molecule has 0 aliphatic rings. The molecule has 1 amide bonds. The summed E-state index contributed by atoms with van der Waals surface area (Å²) in [5.74, 6) is 0.981. The van der Waals surface area contributed by atoms with E-state index in [-0.39, 0.29) is 11.9 Å². The molecule has 0 spiro atoms. The second kappa shape index (κ2) is 10.8. The van der Waals surface area contributed by atoms with E-state index in [1.165, 1.54) is 4.88 Å². The summed E-state index contributed by atoms with van der Waals surface area (Å²) in [6, 6.07) is 16.3. The molecule has 6 heteroatoms. The molecule has 0 radical (unpaired) electrons. The Hall–Kier alpha value is -2.99. The van der Waals surface area contributed by atoms with Crippen molar-refractivity contribution >= 4 is 28.3 Å². The zero-order valence-corrected chi connectivity index (χ0v) is 20.4. The van der Waals surface area contributed by atoms with Crippen molar-refractivity contribution in [2.45, 2.75) is 65.0 Å². The Bertz CT molecular complexity index is 1180. The van der Waals surface area contributed by atoms with Crippen LogP contribution in [-0.4, -0.2) is 20.4 Å². The minimum atomic E-state index is -0.101. The molecule has 1 unspecified atom stereocenters. The standard InChI is InChI=1S/C27H32N4OS/c1-4-10-23(22-12-7-8-15-28-22)30-27(32)19-13-14-25-24(17-19)29-26(18-21-11-9-16-33-21)31(25)20(5-2)6-3/h7-9,11-17,20,23H,4-6,10,18H2,1-3H3,(H,30,32). The second-order valence-electron chi connectivity index (χ2n) is 8.40. The fourth-order valence-corrected chi connectivity index (χ4v) is 5.15. The summed E-state index contributed by atoms with van der Waals surface area (Å²) >= 11 is 1.76. The lowest BCUT2D eigenvalue weighted by Gasteiger charge is -2.19. The summed E-state index contributed by atoms with van der Waals surface area (Å²) in [6.07, 6.45) is 6.49. The smallest absolute Gasteiger partial charge is 0.251 e. The Morgan fingerprint density at radius 1 is 1.09 bits per heavy atom. The van der Waals surface area contributed by atoms with Gasteiger partial charge in [0.15, 0.2) is 0 Å². The zero-order chi connectivity index (χ0) is 23.2. The molecule has 1 atom stereocenters. The van der Waals surface area contributed by atoms with Crippen LogP contribution in [0.2, 0.25) is 0 Å². The number of nitrogens with one attached hydrogen (secondary N) is 1. The number of hydrogen-bond acceptors (Lipinski definition) is 4.